The molecule has 1 aromatic heterocycles. The van der Waals surface area contributed by atoms with E-state index in [9.17, 15) is 18.0 Å². The molecule has 2 atom stereocenters. The molecular formula is C22H23F3N6O2. The van der Waals surface area contributed by atoms with Crippen LogP contribution in [0.3, 0.4) is 0 Å². The van der Waals surface area contributed by atoms with Crippen molar-refractivity contribution in [2.75, 3.05) is 7.11 Å². The third-order valence-corrected chi connectivity index (χ3v) is 5.69. The standard InChI is InChI=1S/C22H23F3N6O2/c1-13-28-29-30-31(13)17-7-9-19(33-2)15(11-17)12-26-18-8-10-20(32)27-21(18)14-3-5-16(6-4-14)22(23,24)25/h3-7,9,11,18,21,26H,8,10,12H2,1-2H3,(H,27,32)/t18-,21-/m0/s1. The summed E-state index contributed by atoms with van der Waals surface area (Å²) in [5, 5.41) is 17.9. The Morgan fingerprint density at radius 1 is 1.21 bits per heavy atom. The summed E-state index contributed by atoms with van der Waals surface area (Å²) in [7, 11) is 1.58. The Bertz CT molecular complexity index is 1130. The largest absolute Gasteiger partial charge is 0.496 e. The summed E-state index contributed by atoms with van der Waals surface area (Å²) in [4.78, 5) is 12.0. The first-order valence-corrected chi connectivity index (χ1v) is 10.4. The first-order valence-electron chi connectivity index (χ1n) is 10.4. The highest BCUT2D eigenvalue weighted by Gasteiger charge is 2.33. The van der Waals surface area contributed by atoms with Crippen molar-refractivity contribution in [3.05, 3.63) is 65.0 Å². The molecule has 1 aliphatic heterocycles. The van der Waals surface area contributed by atoms with Crippen LogP contribution in [0, 0.1) is 6.92 Å². The molecule has 2 heterocycles. The first kappa shape index (κ1) is 22.7. The molecule has 3 aromatic rings. The number of methoxy groups -OCH3 is 1. The van der Waals surface area contributed by atoms with E-state index in [1.54, 1.807) is 18.7 Å². The average molecular weight is 460 g/mol. The molecule has 0 aliphatic carbocycles. The lowest BCUT2D eigenvalue weighted by molar-refractivity contribution is -0.137. The smallest absolute Gasteiger partial charge is 0.416 e. The Hall–Kier alpha value is -3.47. The van der Waals surface area contributed by atoms with Gasteiger partial charge in [-0.15, -0.1) is 5.10 Å². The predicted molar refractivity (Wildman–Crippen MR) is 113 cm³/mol. The molecule has 1 aliphatic rings. The number of nitrogens with zero attached hydrogens (tertiary/aromatic N) is 4. The van der Waals surface area contributed by atoms with E-state index >= 15 is 0 Å². The molecule has 0 radical (unpaired) electrons. The van der Waals surface area contributed by atoms with Gasteiger partial charge in [-0.2, -0.15) is 17.9 Å². The highest BCUT2D eigenvalue weighted by atomic mass is 19.4. The number of ether oxygens (including phenoxy) is 1. The molecule has 0 spiro atoms. The summed E-state index contributed by atoms with van der Waals surface area (Å²) >= 11 is 0. The van der Waals surface area contributed by atoms with Crippen LogP contribution in [0.5, 0.6) is 5.75 Å². The first-order chi connectivity index (χ1) is 15.8. The van der Waals surface area contributed by atoms with Gasteiger partial charge in [0.25, 0.3) is 0 Å². The maximum Gasteiger partial charge on any atom is 0.416 e. The van der Waals surface area contributed by atoms with Crippen molar-refractivity contribution in [1.29, 1.82) is 0 Å². The van der Waals surface area contributed by atoms with Gasteiger partial charge >= 0.3 is 6.18 Å². The normalized spacial score (nSPS) is 18.8. The number of alkyl halides is 3. The molecule has 33 heavy (non-hydrogen) atoms. The molecule has 0 unspecified atom stereocenters. The van der Waals surface area contributed by atoms with E-state index in [1.165, 1.54) is 12.1 Å². The zero-order valence-corrected chi connectivity index (χ0v) is 18.1. The molecule has 11 heteroatoms. The van der Waals surface area contributed by atoms with Crippen LogP contribution in [0.25, 0.3) is 5.69 Å². The summed E-state index contributed by atoms with van der Waals surface area (Å²) in [6, 6.07) is 9.84. The number of tetrazole rings is 1. The average Bonchev–Trinajstić information content (AvgIpc) is 3.23. The Balaban J connectivity index is 1.55. The van der Waals surface area contributed by atoms with Crippen molar-refractivity contribution in [2.45, 2.75) is 44.6 Å². The predicted octanol–water partition coefficient (Wildman–Crippen LogP) is 3.11. The van der Waals surface area contributed by atoms with Gasteiger partial charge in [0.1, 0.15) is 5.75 Å². The molecule has 1 amide bonds. The number of benzene rings is 2. The van der Waals surface area contributed by atoms with E-state index < -0.39 is 17.8 Å². The second-order valence-corrected chi connectivity index (χ2v) is 7.83. The van der Waals surface area contributed by atoms with Crippen LogP contribution in [0.4, 0.5) is 13.2 Å². The number of hydrogen-bond acceptors (Lipinski definition) is 6. The van der Waals surface area contributed by atoms with E-state index in [-0.39, 0.29) is 11.9 Å². The SMILES string of the molecule is COc1ccc(-n2nnnc2C)cc1CN[C@H]1CCC(=O)N[C@H]1c1ccc(C(F)(F)F)cc1. The summed E-state index contributed by atoms with van der Waals surface area (Å²) in [6.07, 6.45) is -3.53. The third kappa shape index (κ3) is 4.98. The van der Waals surface area contributed by atoms with Gasteiger partial charge in [-0.25, -0.2) is 0 Å². The minimum absolute atomic E-state index is 0.133. The fraction of sp³-hybridized carbons (Fsp3) is 0.364. The van der Waals surface area contributed by atoms with Crippen molar-refractivity contribution in [1.82, 2.24) is 30.8 Å². The van der Waals surface area contributed by atoms with Gasteiger partial charge in [0.2, 0.25) is 5.91 Å². The van der Waals surface area contributed by atoms with Gasteiger partial charge in [0.05, 0.1) is 24.4 Å². The van der Waals surface area contributed by atoms with E-state index in [1.807, 2.05) is 18.2 Å². The number of amides is 1. The van der Waals surface area contributed by atoms with Gasteiger partial charge in [-0.3, -0.25) is 4.79 Å². The Morgan fingerprint density at radius 2 is 1.97 bits per heavy atom. The molecule has 174 valence electrons. The van der Waals surface area contributed by atoms with Crippen molar-refractivity contribution >= 4 is 5.91 Å². The number of hydrogen-bond donors (Lipinski definition) is 2. The van der Waals surface area contributed by atoms with Crippen molar-refractivity contribution < 1.29 is 22.7 Å². The lowest BCUT2D eigenvalue weighted by Gasteiger charge is -2.33. The zero-order chi connectivity index (χ0) is 23.6. The maximum atomic E-state index is 12.9. The van der Waals surface area contributed by atoms with Gasteiger partial charge in [-0.1, -0.05) is 12.1 Å². The number of carbonyl (C=O) groups is 1. The van der Waals surface area contributed by atoms with E-state index in [4.69, 9.17) is 4.74 Å². The molecule has 1 fully saturated rings. The highest BCUT2D eigenvalue weighted by molar-refractivity contribution is 5.77. The number of piperidine rings is 1. The number of carbonyl (C=O) groups excluding carboxylic acids is 1. The van der Waals surface area contributed by atoms with Crippen LogP contribution >= 0.6 is 0 Å². The Labute approximate surface area is 188 Å². The molecule has 8 nitrogen and oxygen atoms in total. The van der Waals surface area contributed by atoms with Crippen LogP contribution in [-0.4, -0.2) is 39.3 Å². The van der Waals surface area contributed by atoms with E-state index in [0.29, 0.717) is 36.5 Å². The topological polar surface area (TPSA) is 94.0 Å². The minimum atomic E-state index is -4.41. The highest BCUT2D eigenvalue weighted by Crippen LogP contribution is 2.32. The van der Waals surface area contributed by atoms with Crippen LogP contribution in [-0.2, 0) is 17.5 Å². The van der Waals surface area contributed by atoms with Crippen molar-refractivity contribution in [2.24, 2.45) is 0 Å². The number of aryl methyl sites for hydroxylation is 1. The van der Waals surface area contributed by atoms with E-state index in [2.05, 4.69) is 26.2 Å². The van der Waals surface area contributed by atoms with E-state index in [0.717, 1.165) is 23.4 Å². The van der Waals surface area contributed by atoms with Crippen molar-refractivity contribution in [3.8, 4) is 11.4 Å². The summed E-state index contributed by atoms with van der Waals surface area (Å²) in [6.45, 7) is 2.21. The summed E-state index contributed by atoms with van der Waals surface area (Å²) < 4.78 is 45.9. The molecule has 4 rings (SSSR count). The number of aromatic nitrogens is 4. The fourth-order valence-electron chi connectivity index (χ4n) is 3.96. The molecule has 0 saturated carbocycles. The molecular weight excluding hydrogens is 437 g/mol. The van der Waals surface area contributed by atoms with Crippen LogP contribution < -0.4 is 15.4 Å². The molecule has 2 aromatic carbocycles. The second-order valence-electron chi connectivity index (χ2n) is 7.83. The molecule has 2 N–H and O–H groups in total. The monoisotopic (exact) mass is 460 g/mol. The van der Waals surface area contributed by atoms with Crippen LogP contribution in [0.2, 0.25) is 0 Å². The Morgan fingerprint density at radius 3 is 2.61 bits per heavy atom. The van der Waals surface area contributed by atoms with Crippen LogP contribution in [0.15, 0.2) is 42.5 Å². The maximum absolute atomic E-state index is 12.9. The van der Waals surface area contributed by atoms with Gasteiger partial charge in [0, 0.05) is 24.6 Å². The lowest BCUT2D eigenvalue weighted by Crippen LogP contribution is -2.48. The fourth-order valence-corrected chi connectivity index (χ4v) is 3.96. The second kappa shape index (κ2) is 9.18. The molecule has 0 bridgehead atoms. The van der Waals surface area contributed by atoms with Crippen molar-refractivity contribution in [3.63, 3.8) is 0 Å². The van der Waals surface area contributed by atoms with Gasteiger partial charge in [0.15, 0.2) is 5.82 Å². The number of halogens is 3. The quantitative estimate of drug-likeness (QED) is 0.587. The third-order valence-electron chi connectivity index (χ3n) is 5.69. The van der Waals surface area contributed by atoms with Gasteiger partial charge < -0.3 is 15.4 Å². The zero-order valence-electron chi connectivity index (χ0n) is 18.1. The summed E-state index contributed by atoms with van der Waals surface area (Å²) in [5.74, 6) is 1.17. The van der Waals surface area contributed by atoms with Gasteiger partial charge in [-0.05, 0) is 59.7 Å². The van der Waals surface area contributed by atoms with Crippen LogP contribution in [0.1, 0.15) is 41.4 Å². The summed E-state index contributed by atoms with van der Waals surface area (Å²) in [5.41, 5.74) is 1.51. The number of rotatable bonds is 6. The lowest BCUT2D eigenvalue weighted by atomic mass is 9.91. The minimum Gasteiger partial charge on any atom is -0.496 e. The molecule has 1 saturated heterocycles. The Kier molecular flexibility index (Phi) is 6.32. The number of nitrogens with one attached hydrogen (secondary N) is 2.